The smallest absolute Gasteiger partial charge is 0.203 e. The van der Waals surface area contributed by atoms with Gasteiger partial charge < -0.3 is 14.2 Å². The molecule has 0 radical (unpaired) electrons. The Morgan fingerprint density at radius 1 is 0.792 bits per heavy atom. The van der Waals surface area contributed by atoms with Crippen LogP contribution in [-0.2, 0) is 0 Å². The van der Waals surface area contributed by atoms with E-state index in [0.717, 1.165) is 16.7 Å². The van der Waals surface area contributed by atoms with Crippen molar-refractivity contribution >= 4 is 15.9 Å². The number of benzene rings is 2. The molecule has 122 valence electrons. The molecular weight excluding hydrogens is 368 g/mol. The average molecular weight is 385 g/mol. The summed E-state index contributed by atoms with van der Waals surface area (Å²) >= 11 is 3.29. The summed E-state index contributed by atoms with van der Waals surface area (Å²) in [6.07, 6.45) is 0. The molecule has 2 aromatic rings. The minimum absolute atomic E-state index is 0.553. The fraction of sp³-hybridized carbons (Fsp3) is 0.200. The fourth-order valence-electron chi connectivity index (χ4n) is 2.11. The number of alkyl halides is 1. The Balaban J connectivity index is 2.37. The van der Waals surface area contributed by atoms with E-state index in [1.807, 2.05) is 36.4 Å². The second kappa shape index (κ2) is 8.91. The molecule has 0 aliphatic rings. The number of methoxy groups -OCH3 is 3. The molecule has 0 amide bonds. The second-order valence-electron chi connectivity index (χ2n) is 4.68. The number of ether oxygens (including phenoxy) is 3. The highest BCUT2D eigenvalue weighted by Gasteiger charge is 2.12. The lowest BCUT2D eigenvalue weighted by atomic mass is 10.1. The van der Waals surface area contributed by atoms with Gasteiger partial charge in [0.05, 0.1) is 26.7 Å². The Bertz CT molecular complexity index is 810. The summed E-state index contributed by atoms with van der Waals surface area (Å²) < 4.78 is 16.0. The van der Waals surface area contributed by atoms with Gasteiger partial charge in [-0.3, -0.25) is 0 Å². The molecule has 2 aromatic carbocycles. The zero-order valence-electron chi connectivity index (χ0n) is 13.8. The van der Waals surface area contributed by atoms with Gasteiger partial charge in [-0.15, -0.1) is 0 Å². The zero-order valence-corrected chi connectivity index (χ0v) is 15.4. The lowest BCUT2D eigenvalue weighted by Crippen LogP contribution is -1.95. The van der Waals surface area contributed by atoms with Gasteiger partial charge in [-0.1, -0.05) is 45.7 Å². The molecular formula is C20H17BrO3. The van der Waals surface area contributed by atoms with E-state index in [1.54, 1.807) is 21.3 Å². The molecule has 4 heteroatoms. The monoisotopic (exact) mass is 384 g/mol. The third-order valence-electron chi connectivity index (χ3n) is 3.18. The molecule has 0 bridgehead atoms. The molecule has 0 fully saturated rings. The van der Waals surface area contributed by atoms with Crippen molar-refractivity contribution in [3.63, 3.8) is 0 Å². The number of rotatable bonds is 3. The third-order valence-corrected chi connectivity index (χ3v) is 3.46. The molecule has 0 atom stereocenters. The zero-order chi connectivity index (χ0) is 17.4. The van der Waals surface area contributed by atoms with Crippen molar-refractivity contribution in [2.45, 2.75) is 0 Å². The second-order valence-corrected chi connectivity index (χ2v) is 5.24. The molecule has 0 heterocycles. The average Bonchev–Trinajstić information content (AvgIpc) is 2.63. The van der Waals surface area contributed by atoms with Crippen LogP contribution in [0.2, 0.25) is 0 Å². The molecule has 3 nitrogen and oxygen atoms in total. The topological polar surface area (TPSA) is 27.7 Å². The van der Waals surface area contributed by atoms with E-state index in [-0.39, 0.29) is 0 Å². The Morgan fingerprint density at radius 3 is 1.92 bits per heavy atom. The van der Waals surface area contributed by atoms with Gasteiger partial charge in [-0.2, -0.15) is 0 Å². The van der Waals surface area contributed by atoms with Crippen LogP contribution in [0.3, 0.4) is 0 Å². The number of hydrogen-bond acceptors (Lipinski definition) is 3. The highest BCUT2D eigenvalue weighted by molar-refractivity contribution is 9.09. The molecule has 2 rings (SSSR count). The summed E-state index contributed by atoms with van der Waals surface area (Å²) in [6.45, 7) is 0. The van der Waals surface area contributed by atoms with Gasteiger partial charge in [0.15, 0.2) is 11.5 Å². The highest BCUT2D eigenvalue weighted by Crippen LogP contribution is 2.37. The van der Waals surface area contributed by atoms with Crippen LogP contribution in [0.15, 0.2) is 36.4 Å². The van der Waals surface area contributed by atoms with Gasteiger partial charge in [0.1, 0.15) is 0 Å². The molecule has 0 aliphatic heterocycles. The van der Waals surface area contributed by atoms with Crippen LogP contribution in [-0.4, -0.2) is 26.7 Å². The van der Waals surface area contributed by atoms with Crippen LogP contribution in [0.1, 0.15) is 16.7 Å². The normalized spacial score (nSPS) is 9.17. The van der Waals surface area contributed by atoms with Gasteiger partial charge >= 0.3 is 0 Å². The van der Waals surface area contributed by atoms with E-state index in [1.165, 1.54) is 0 Å². The number of hydrogen-bond donors (Lipinski definition) is 0. The molecule has 0 spiro atoms. The summed E-state index contributed by atoms with van der Waals surface area (Å²) in [5.41, 5.74) is 2.61. The summed E-state index contributed by atoms with van der Waals surface area (Å²) in [6, 6.07) is 11.5. The van der Waals surface area contributed by atoms with Crippen molar-refractivity contribution in [3.05, 3.63) is 53.1 Å². The van der Waals surface area contributed by atoms with Crippen LogP contribution >= 0.6 is 15.9 Å². The van der Waals surface area contributed by atoms with E-state index in [4.69, 9.17) is 14.2 Å². The van der Waals surface area contributed by atoms with Crippen LogP contribution in [0.5, 0.6) is 17.2 Å². The van der Waals surface area contributed by atoms with E-state index < -0.39 is 0 Å². The predicted molar refractivity (Wildman–Crippen MR) is 99.2 cm³/mol. The Morgan fingerprint density at radius 2 is 1.38 bits per heavy atom. The third kappa shape index (κ3) is 4.47. The van der Waals surface area contributed by atoms with Gasteiger partial charge in [-0.05, 0) is 30.3 Å². The van der Waals surface area contributed by atoms with E-state index in [0.29, 0.717) is 22.6 Å². The molecule has 0 saturated heterocycles. The van der Waals surface area contributed by atoms with Crippen LogP contribution in [0.25, 0.3) is 0 Å². The molecule has 0 unspecified atom stereocenters. The first-order valence-electron chi connectivity index (χ1n) is 7.18. The van der Waals surface area contributed by atoms with Gasteiger partial charge in [-0.25, -0.2) is 0 Å². The van der Waals surface area contributed by atoms with Crippen molar-refractivity contribution < 1.29 is 14.2 Å². The molecule has 0 aliphatic carbocycles. The predicted octanol–water partition coefficient (Wildman–Crippen LogP) is 3.86. The standard InChI is InChI=1S/C20H17BrO3/c1-22-18-13-17(14-19(23-2)20(18)24-3)10-9-16-7-4-6-15(12-16)8-5-11-21/h4,6-7,12-14H,11H2,1-3H3. The van der Waals surface area contributed by atoms with E-state index >= 15 is 0 Å². The van der Waals surface area contributed by atoms with Crippen LogP contribution < -0.4 is 14.2 Å². The largest absolute Gasteiger partial charge is 0.493 e. The SMILES string of the molecule is COc1cc(C#Cc2cccc(C#CCBr)c2)cc(OC)c1OC. The van der Waals surface area contributed by atoms with E-state index in [9.17, 15) is 0 Å². The van der Waals surface area contributed by atoms with Crippen molar-refractivity contribution in [1.82, 2.24) is 0 Å². The van der Waals surface area contributed by atoms with Gasteiger partial charge in [0.25, 0.3) is 0 Å². The lowest BCUT2D eigenvalue weighted by molar-refractivity contribution is 0.324. The fourth-order valence-corrected chi connectivity index (χ4v) is 2.25. The minimum Gasteiger partial charge on any atom is -0.493 e. The summed E-state index contributed by atoms with van der Waals surface area (Å²) in [7, 11) is 4.74. The van der Waals surface area contributed by atoms with Crippen LogP contribution in [0, 0.1) is 23.7 Å². The highest BCUT2D eigenvalue weighted by atomic mass is 79.9. The maximum absolute atomic E-state index is 5.34. The van der Waals surface area contributed by atoms with Crippen LogP contribution in [0.4, 0.5) is 0 Å². The maximum Gasteiger partial charge on any atom is 0.203 e. The Hall–Kier alpha value is -2.56. The summed E-state index contributed by atoms with van der Waals surface area (Å²) in [5.74, 6) is 14.0. The molecule has 0 N–H and O–H groups in total. The summed E-state index contributed by atoms with van der Waals surface area (Å²) in [5, 5.41) is 0.647. The first-order chi connectivity index (χ1) is 11.7. The van der Waals surface area contributed by atoms with Crippen molar-refractivity contribution in [3.8, 4) is 40.9 Å². The quantitative estimate of drug-likeness (QED) is 0.593. The van der Waals surface area contributed by atoms with Crippen molar-refractivity contribution in [2.75, 3.05) is 26.7 Å². The first kappa shape index (κ1) is 17.8. The molecule has 0 aromatic heterocycles. The minimum atomic E-state index is 0.553. The van der Waals surface area contributed by atoms with E-state index in [2.05, 4.69) is 39.6 Å². The Labute approximate surface area is 151 Å². The first-order valence-corrected chi connectivity index (χ1v) is 8.31. The molecule has 0 saturated carbocycles. The van der Waals surface area contributed by atoms with Crippen molar-refractivity contribution in [2.24, 2.45) is 0 Å². The van der Waals surface area contributed by atoms with Gasteiger partial charge in [0.2, 0.25) is 5.75 Å². The maximum atomic E-state index is 5.34. The van der Waals surface area contributed by atoms with Gasteiger partial charge in [0, 0.05) is 16.7 Å². The van der Waals surface area contributed by atoms with Crippen molar-refractivity contribution in [1.29, 1.82) is 0 Å². The lowest BCUT2D eigenvalue weighted by Gasteiger charge is -2.12. The number of halogens is 1. The summed E-state index contributed by atoms with van der Waals surface area (Å²) in [4.78, 5) is 0. The molecule has 24 heavy (non-hydrogen) atoms. The Kier molecular flexibility index (Phi) is 6.61.